The van der Waals surface area contributed by atoms with Gasteiger partial charge < -0.3 is 29.6 Å². The van der Waals surface area contributed by atoms with E-state index in [1.807, 2.05) is 0 Å². The van der Waals surface area contributed by atoms with Gasteiger partial charge in [-0.2, -0.15) is 0 Å². The summed E-state index contributed by atoms with van der Waals surface area (Å²) in [6.45, 7) is 10.5. The topological polar surface area (TPSA) is 129 Å². The first-order valence-corrected chi connectivity index (χ1v) is 17.2. The molecule has 2 amide bonds. The standard InChI is InChI=1S/C35H54N2O8/c1-22(2)32(38)42-28-9-5-7-11-30(28)44-34(40)36-26-17-13-24(14-18-26)21-25-15-19-27(20-16-25)37-35(41)45-31-12-8-6-10-29(31)43-33(39)23(3)4/h24-31H,1,3,5-21H2,2,4H3,(H,36,40)(H,37,41). The molecule has 45 heavy (non-hydrogen) atoms. The third-order valence-electron chi connectivity index (χ3n) is 10.0. The Labute approximate surface area is 268 Å². The molecule has 0 aromatic rings. The average molecular weight is 631 g/mol. The van der Waals surface area contributed by atoms with Crippen molar-refractivity contribution in [2.24, 2.45) is 11.8 Å². The highest BCUT2D eigenvalue weighted by Gasteiger charge is 2.35. The molecule has 0 radical (unpaired) electrons. The third-order valence-corrected chi connectivity index (χ3v) is 10.0. The third kappa shape index (κ3) is 11.1. The van der Waals surface area contributed by atoms with Crippen LogP contribution in [0.5, 0.6) is 0 Å². The van der Waals surface area contributed by atoms with E-state index in [1.54, 1.807) is 13.8 Å². The number of hydrogen-bond donors (Lipinski definition) is 2. The molecule has 0 aromatic heterocycles. The second kappa shape index (κ2) is 17.0. The highest BCUT2D eigenvalue weighted by atomic mass is 16.6. The second-order valence-electron chi connectivity index (χ2n) is 13.9. The van der Waals surface area contributed by atoms with E-state index in [1.165, 1.54) is 6.42 Å². The number of amides is 2. The number of hydrogen-bond acceptors (Lipinski definition) is 8. The Hall–Kier alpha value is -3.04. The number of carbonyl (C=O) groups excluding carboxylic acids is 4. The molecule has 4 unspecified atom stereocenters. The molecule has 4 aliphatic carbocycles. The van der Waals surface area contributed by atoms with E-state index in [9.17, 15) is 19.2 Å². The largest absolute Gasteiger partial charge is 0.455 e. The van der Waals surface area contributed by atoms with Crippen molar-refractivity contribution in [1.29, 1.82) is 0 Å². The summed E-state index contributed by atoms with van der Waals surface area (Å²) in [6, 6.07) is 0.209. The zero-order valence-electron chi connectivity index (χ0n) is 27.3. The van der Waals surface area contributed by atoms with Gasteiger partial charge in [0.1, 0.15) is 24.4 Å². The van der Waals surface area contributed by atoms with Crippen LogP contribution in [-0.2, 0) is 28.5 Å². The van der Waals surface area contributed by atoms with E-state index in [-0.39, 0.29) is 12.1 Å². The Morgan fingerprint density at radius 1 is 0.511 bits per heavy atom. The first-order chi connectivity index (χ1) is 21.6. The predicted octanol–water partition coefficient (Wildman–Crippen LogP) is 6.81. The first kappa shape index (κ1) is 34.8. The molecule has 0 aromatic carbocycles. The van der Waals surface area contributed by atoms with Crippen LogP contribution in [0, 0.1) is 11.8 Å². The van der Waals surface area contributed by atoms with E-state index >= 15 is 0 Å². The highest BCUT2D eigenvalue weighted by Crippen LogP contribution is 2.36. The van der Waals surface area contributed by atoms with Crippen molar-refractivity contribution < 1.29 is 38.1 Å². The predicted molar refractivity (Wildman–Crippen MR) is 169 cm³/mol. The van der Waals surface area contributed by atoms with Crippen LogP contribution < -0.4 is 10.6 Å². The van der Waals surface area contributed by atoms with Gasteiger partial charge in [-0.25, -0.2) is 19.2 Å². The molecule has 4 aliphatic rings. The van der Waals surface area contributed by atoms with Crippen LogP contribution in [0.25, 0.3) is 0 Å². The summed E-state index contributed by atoms with van der Waals surface area (Å²) >= 11 is 0. The Balaban J connectivity index is 1.10. The quantitative estimate of drug-likeness (QED) is 0.153. The van der Waals surface area contributed by atoms with E-state index in [0.717, 1.165) is 77.0 Å². The minimum Gasteiger partial charge on any atom is -0.455 e. The lowest BCUT2D eigenvalue weighted by atomic mass is 9.76. The number of alkyl carbamates (subject to hydrolysis) is 2. The van der Waals surface area contributed by atoms with E-state index in [4.69, 9.17) is 18.9 Å². The molecule has 0 bridgehead atoms. The summed E-state index contributed by atoms with van der Waals surface area (Å²) in [4.78, 5) is 49.4. The molecule has 4 atom stereocenters. The fourth-order valence-corrected chi connectivity index (χ4v) is 7.37. The Morgan fingerprint density at radius 2 is 0.822 bits per heavy atom. The summed E-state index contributed by atoms with van der Waals surface area (Å²) in [5.74, 6) is 0.421. The van der Waals surface area contributed by atoms with Crippen molar-refractivity contribution in [2.45, 2.75) is 160 Å². The SMILES string of the molecule is C=C(C)C(=O)OC1CCCCC1OC(=O)NC1CCC(CC2CCC(NC(=O)OC3CCCCC3OC(=O)C(=C)C)CC2)CC1. The maximum absolute atomic E-state index is 12.7. The molecule has 4 fully saturated rings. The fourth-order valence-electron chi connectivity index (χ4n) is 7.37. The molecule has 0 heterocycles. The van der Waals surface area contributed by atoms with Gasteiger partial charge in [0.15, 0.2) is 0 Å². The number of ether oxygens (including phenoxy) is 4. The molecule has 10 heteroatoms. The van der Waals surface area contributed by atoms with Crippen LogP contribution in [0.15, 0.2) is 24.3 Å². The molecular weight excluding hydrogens is 576 g/mol. The maximum atomic E-state index is 12.7. The monoisotopic (exact) mass is 630 g/mol. The van der Waals surface area contributed by atoms with Crippen LogP contribution in [0.2, 0.25) is 0 Å². The van der Waals surface area contributed by atoms with Crippen molar-refractivity contribution in [3.63, 3.8) is 0 Å². The fraction of sp³-hybridized carbons (Fsp3) is 0.771. The second-order valence-corrected chi connectivity index (χ2v) is 13.9. The van der Waals surface area contributed by atoms with Gasteiger partial charge in [-0.05, 0) is 135 Å². The van der Waals surface area contributed by atoms with E-state index in [0.29, 0.717) is 48.7 Å². The summed E-state index contributed by atoms with van der Waals surface area (Å²) < 4.78 is 22.5. The van der Waals surface area contributed by atoms with Gasteiger partial charge >= 0.3 is 24.1 Å². The number of esters is 2. The molecule has 2 N–H and O–H groups in total. The van der Waals surface area contributed by atoms with Gasteiger partial charge in [-0.15, -0.1) is 0 Å². The normalized spacial score (nSPS) is 31.9. The minimum absolute atomic E-state index is 0.104. The molecule has 10 nitrogen and oxygen atoms in total. The van der Waals surface area contributed by atoms with Crippen LogP contribution in [0.3, 0.4) is 0 Å². The first-order valence-electron chi connectivity index (χ1n) is 17.2. The highest BCUT2D eigenvalue weighted by molar-refractivity contribution is 5.87. The van der Waals surface area contributed by atoms with Crippen LogP contribution in [0.4, 0.5) is 9.59 Å². The van der Waals surface area contributed by atoms with E-state index in [2.05, 4.69) is 23.8 Å². The molecule has 0 spiro atoms. The smallest absolute Gasteiger partial charge is 0.407 e. The zero-order valence-corrected chi connectivity index (χ0v) is 27.3. The van der Waals surface area contributed by atoms with Crippen LogP contribution >= 0.6 is 0 Å². The lowest BCUT2D eigenvalue weighted by Gasteiger charge is -2.35. The average Bonchev–Trinajstić information content (AvgIpc) is 3.01. The van der Waals surface area contributed by atoms with E-state index < -0.39 is 48.5 Å². The number of nitrogens with one attached hydrogen (secondary N) is 2. The summed E-state index contributed by atoms with van der Waals surface area (Å²) in [5.41, 5.74) is 0.694. The van der Waals surface area contributed by atoms with Gasteiger partial charge in [-0.3, -0.25) is 0 Å². The van der Waals surface area contributed by atoms with Crippen LogP contribution in [-0.4, -0.2) is 60.6 Å². The molecule has 4 saturated carbocycles. The van der Waals surface area contributed by atoms with Crippen LogP contribution in [0.1, 0.15) is 123 Å². The van der Waals surface area contributed by atoms with Crippen molar-refractivity contribution >= 4 is 24.1 Å². The lowest BCUT2D eigenvalue weighted by molar-refractivity contribution is -0.153. The van der Waals surface area contributed by atoms with Crippen molar-refractivity contribution in [2.75, 3.05) is 0 Å². The number of rotatable bonds is 10. The van der Waals surface area contributed by atoms with Gasteiger partial charge in [0.05, 0.1) is 0 Å². The van der Waals surface area contributed by atoms with Gasteiger partial charge in [0, 0.05) is 23.2 Å². The van der Waals surface area contributed by atoms with Crippen molar-refractivity contribution in [3.05, 3.63) is 24.3 Å². The lowest BCUT2D eigenvalue weighted by Crippen LogP contribution is -2.44. The Kier molecular flexibility index (Phi) is 13.2. The van der Waals surface area contributed by atoms with Crippen molar-refractivity contribution in [1.82, 2.24) is 10.6 Å². The maximum Gasteiger partial charge on any atom is 0.407 e. The van der Waals surface area contributed by atoms with Gasteiger partial charge in [-0.1, -0.05) is 13.2 Å². The molecule has 0 aliphatic heterocycles. The van der Waals surface area contributed by atoms with Crippen molar-refractivity contribution in [3.8, 4) is 0 Å². The number of carbonyl (C=O) groups is 4. The molecular formula is C35H54N2O8. The summed E-state index contributed by atoms with van der Waals surface area (Å²) in [5, 5.41) is 6.11. The van der Waals surface area contributed by atoms with Gasteiger partial charge in [0.25, 0.3) is 0 Å². The molecule has 0 saturated heterocycles. The Morgan fingerprint density at radius 3 is 1.13 bits per heavy atom. The molecule has 4 rings (SSSR count). The minimum atomic E-state index is -0.436. The van der Waals surface area contributed by atoms with Gasteiger partial charge in [0.2, 0.25) is 0 Å². The summed E-state index contributed by atoms with van der Waals surface area (Å²) in [7, 11) is 0. The summed E-state index contributed by atoms with van der Waals surface area (Å²) in [6.07, 6.45) is 13.3. The Bertz CT molecular complexity index is 978. The zero-order chi connectivity index (χ0) is 32.3. The molecule has 252 valence electrons.